The van der Waals surface area contributed by atoms with Gasteiger partial charge in [0.05, 0.1) is 5.57 Å². The van der Waals surface area contributed by atoms with Crippen molar-refractivity contribution in [2.24, 2.45) is 0 Å². The van der Waals surface area contributed by atoms with E-state index in [2.05, 4.69) is 55.7 Å². The van der Waals surface area contributed by atoms with Crippen LogP contribution in [0.15, 0.2) is 113 Å². The number of nitrogens with one attached hydrogen (secondary N) is 2. The van der Waals surface area contributed by atoms with Gasteiger partial charge in [0.15, 0.2) is 0 Å². The van der Waals surface area contributed by atoms with Gasteiger partial charge in [0, 0.05) is 17.1 Å². The van der Waals surface area contributed by atoms with E-state index in [0.717, 1.165) is 16.7 Å². The molecule has 0 radical (unpaired) electrons. The number of halogens is 1. The number of carbonyl (C=O) groups excluding carboxylic acids is 1. The van der Waals surface area contributed by atoms with Gasteiger partial charge >= 0.3 is 0 Å². The molecule has 1 unspecified atom stereocenters. The number of thioether (sulfide) groups is 1. The molecule has 2 N–H and O–H groups in total. The first-order valence-corrected chi connectivity index (χ1v) is 16.5. The fourth-order valence-corrected chi connectivity index (χ4v) is 6.30. The smallest absolute Gasteiger partial charge is 0.255 e. The lowest BCUT2D eigenvalue weighted by molar-refractivity contribution is -0.113. The molecule has 1 aliphatic rings. The Morgan fingerprint density at radius 3 is 2.43 bits per heavy atom. The largest absolute Gasteiger partial charge is 0.489 e. The molecular weight excluding hydrogens is 610 g/mol. The second kappa shape index (κ2) is 13.5. The Morgan fingerprint density at radius 1 is 0.979 bits per heavy atom. The van der Waals surface area contributed by atoms with Crippen LogP contribution in [0.3, 0.4) is 0 Å². The maximum atomic E-state index is 14.3. The summed E-state index contributed by atoms with van der Waals surface area (Å²) >= 11 is 1.34. The lowest BCUT2D eigenvalue weighted by Crippen LogP contribution is -2.31. The number of rotatable bonds is 9. The van der Waals surface area contributed by atoms with Gasteiger partial charge in [0.25, 0.3) is 5.91 Å². The Kier molecular flexibility index (Phi) is 9.18. The lowest BCUT2D eigenvalue weighted by Gasteiger charge is -2.28. The van der Waals surface area contributed by atoms with Crippen LogP contribution in [-0.2, 0) is 22.6 Å². The molecule has 1 amide bonds. The molecule has 0 saturated heterocycles. The van der Waals surface area contributed by atoms with E-state index in [9.17, 15) is 9.18 Å². The van der Waals surface area contributed by atoms with E-state index >= 15 is 0 Å². The molecule has 240 valence electrons. The summed E-state index contributed by atoms with van der Waals surface area (Å²) in [6, 6.07) is 30.1. The van der Waals surface area contributed by atoms with Gasteiger partial charge in [0.1, 0.15) is 24.2 Å². The van der Waals surface area contributed by atoms with E-state index in [0.29, 0.717) is 51.7 Å². The maximum Gasteiger partial charge on any atom is 0.255 e. The van der Waals surface area contributed by atoms with Crippen LogP contribution in [0.25, 0.3) is 0 Å². The normalized spacial score (nSPS) is 14.4. The van der Waals surface area contributed by atoms with Gasteiger partial charge in [-0.2, -0.15) is 4.98 Å². The number of amides is 1. The first-order chi connectivity index (χ1) is 22.5. The number of hydrogen-bond acceptors (Lipinski definition) is 6. The number of carbonyl (C=O) groups is 1. The highest BCUT2D eigenvalue weighted by Crippen LogP contribution is 2.38. The number of benzene rings is 4. The molecule has 4 aromatic carbocycles. The first kappa shape index (κ1) is 32.1. The molecular formula is C38H38FN5O2S. The molecule has 0 fully saturated rings. The van der Waals surface area contributed by atoms with Crippen LogP contribution in [0.1, 0.15) is 61.6 Å². The van der Waals surface area contributed by atoms with Crippen LogP contribution in [0.2, 0.25) is 0 Å². The van der Waals surface area contributed by atoms with Gasteiger partial charge in [-0.3, -0.25) is 4.79 Å². The SMILES string of the molecule is CC1=C(C(=O)Nc2cccc(C)c2)C(c2ccc(OCc3ccc(C(C)(C)C)cc3)cc2)n2nc(SCc3ccccc3F)nc2N1. The van der Waals surface area contributed by atoms with Crippen LogP contribution in [0.5, 0.6) is 5.75 Å². The third-order valence-electron chi connectivity index (χ3n) is 8.09. The number of nitrogens with zero attached hydrogens (tertiary/aromatic N) is 3. The fraction of sp³-hybridized carbons (Fsp3) is 0.237. The Morgan fingerprint density at radius 2 is 1.72 bits per heavy atom. The third-order valence-corrected chi connectivity index (χ3v) is 8.98. The summed E-state index contributed by atoms with van der Waals surface area (Å²) in [6.45, 7) is 10.9. The quantitative estimate of drug-likeness (QED) is 0.156. The van der Waals surface area contributed by atoms with E-state index in [4.69, 9.17) is 14.8 Å². The number of hydrogen-bond donors (Lipinski definition) is 2. The van der Waals surface area contributed by atoms with Crippen molar-refractivity contribution in [1.82, 2.24) is 14.8 Å². The zero-order chi connectivity index (χ0) is 33.1. The predicted molar refractivity (Wildman–Crippen MR) is 186 cm³/mol. The van der Waals surface area contributed by atoms with Crippen LogP contribution in [-0.4, -0.2) is 20.7 Å². The zero-order valence-corrected chi connectivity index (χ0v) is 28.0. The third kappa shape index (κ3) is 7.41. The average Bonchev–Trinajstić information content (AvgIpc) is 3.45. The van der Waals surface area contributed by atoms with Gasteiger partial charge in [0.2, 0.25) is 11.1 Å². The molecule has 47 heavy (non-hydrogen) atoms. The van der Waals surface area contributed by atoms with Crippen molar-refractivity contribution < 1.29 is 13.9 Å². The van der Waals surface area contributed by atoms with Crippen LogP contribution in [0.4, 0.5) is 16.0 Å². The standard InChI is InChI=1S/C38H38FN5O2S/c1-24-9-8-11-30(21-24)41-35(45)33-25(2)40-36-42-37(47-23-28-10-6-7-12-32(28)39)43-44(36)34(33)27-15-19-31(20-16-27)46-22-26-13-17-29(18-14-26)38(3,4)5/h6-21,34H,22-23H2,1-5H3,(H,41,45)(H,40,42,43). The van der Waals surface area contributed by atoms with Crippen molar-refractivity contribution in [1.29, 1.82) is 0 Å². The molecule has 5 aromatic rings. The topological polar surface area (TPSA) is 81.1 Å². The van der Waals surface area contributed by atoms with Crippen molar-refractivity contribution in [2.45, 2.75) is 63.6 Å². The highest BCUT2D eigenvalue weighted by Gasteiger charge is 2.34. The Balaban J connectivity index is 1.27. The van der Waals surface area contributed by atoms with E-state index in [1.165, 1.54) is 23.4 Å². The van der Waals surface area contributed by atoms with Crippen molar-refractivity contribution in [3.05, 3.63) is 142 Å². The zero-order valence-electron chi connectivity index (χ0n) is 27.2. The second-order valence-electron chi connectivity index (χ2n) is 12.7. The molecule has 9 heteroatoms. The minimum atomic E-state index is -0.564. The predicted octanol–water partition coefficient (Wildman–Crippen LogP) is 8.82. The molecule has 2 heterocycles. The van der Waals surface area contributed by atoms with E-state index in [-0.39, 0.29) is 17.1 Å². The summed E-state index contributed by atoms with van der Waals surface area (Å²) in [5.74, 6) is 1.09. The molecule has 6 rings (SSSR count). The van der Waals surface area contributed by atoms with E-state index in [1.807, 2.05) is 68.4 Å². The van der Waals surface area contributed by atoms with Crippen molar-refractivity contribution >= 4 is 29.3 Å². The molecule has 0 aliphatic carbocycles. The monoisotopic (exact) mass is 647 g/mol. The van der Waals surface area contributed by atoms with Crippen molar-refractivity contribution in [3.63, 3.8) is 0 Å². The Labute approximate surface area is 279 Å². The van der Waals surface area contributed by atoms with Gasteiger partial charge in [-0.25, -0.2) is 9.07 Å². The van der Waals surface area contributed by atoms with Crippen LogP contribution >= 0.6 is 11.8 Å². The number of aryl methyl sites for hydroxylation is 1. The molecule has 1 atom stereocenters. The fourth-order valence-electron chi connectivity index (χ4n) is 5.49. The number of fused-ring (bicyclic) bond motifs is 1. The summed E-state index contributed by atoms with van der Waals surface area (Å²) in [6.07, 6.45) is 0. The summed E-state index contributed by atoms with van der Waals surface area (Å²) < 4.78 is 22.2. The molecule has 7 nitrogen and oxygen atoms in total. The van der Waals surface area contributed by atoms with Gasteiger partial charge in [-0.1, -0.05) is 99.3 Å². The summed E-state index contributed by atoms with van der Waals surface area (Å²) in [4.78, 5) is 18.6. The molecule has 1 aromatic heterocycles. The lowest BCUT2D eigenvalue weighted by atomic mass is 9.87. The Bertz CT molecular complexity index is 1930. The van der Waals surface area contributed by atoms with E-state index in [1.54, 1.807) is 16.8 Å². The number of ether oxygens (including phenoxy) is 1. The minimum Gasteiger partial charge on any atom is -0.489 e. The number of allylic oxidation sites excluding steroid dienone is 1. The minimum absolute atomic E-state index is 0.0929. The highest BCUT2D eigenvalue weighted by molar-refractivity contribution is 7.98. The first-order valence-electron chi connectivity index (χ1n) is 15.6. The molecule has 0 bridgehead atoms. The molecule has 0 saturated carbocycles. The summed E-state index contributed by atoms with van der Waals surface area (Å²) in [5, 5.41) is 11.6. The van der Waals surface area contributed by atoms with Crippen molar-refractivity contribution in [2.75, 3.05) is 10.6 Å². The Hall–Kier alpha value is -4.89. The average molecular weight is 648 g/mol. The molecule has 0 spiro atoms. The van der Waals surface area contributed by atoms with E-state index < -0.39 is 6.04 Å². The number of anilines is 2. The maximum absolute atomic E-state index is 14.3. The van der Waals surface area contributed by atoms with Gasteiger partial charge in [-0.05, 0) is 77.4 Å². The van der Waals surface area contributed by atoms with Crippen molar-refractivity contribution in [3.8, 4) is 5.75 Å². The van der Waals surface area contributed by atoms with Crippen LogP contribution in [0, 0.1) is 12.7 Å². The summed E-state index contributed by atoms with van der Waals surface area (Å²) in [7, 11) is 0. The van der Waals surface area contributed by atoms with Crippen LogP contribution < -0.4 is 15.4 Å². The number of aromatic nitrogens is 3. The summed E-state index contributed by atoms with van der Waals surface area (Å²) in [5.41, 5.74) is 6.81. The van der Waals surface area contributed by atoms with Gasteiger partial charge < -0.3 is 15.4 Å². The second-order valence-corrected chi connectivity index (χ2v) is 13.7. The van der Waals surface area contributed by atoms with Gasteiger partial charge in [-0.15, -0.1) is 5.10 Å². The highest BCUT2D eigenvalue weighted by atomic mass is 32.2. The molecule has 1 aliphatic heterocycles.